The van der Waals surface area contributed by atoms with E-state index in [0.717, 1.165) is 13.2 Å². The number of ether oxygens (including phenoxy) is 1. The number of halogens is 1. The fourth-order valence-electron chi connectivity index (χ4n) is 1.59. The number of rotatable bonds is 2. The van der Waals surface area contributed by atoms with Gasteiger partial charge in [-0.1, -0.05) is 22.6 Å². The van der Waals surface area contributed by atoms with Crippen LogP contribution in [0.25, 0.3) is 0 Å². The van der Waals surface area contributed by atoms with Crippen LogP contribution >= 0.6 is 22.6 Å². The summed E-state index contributed by atoms with van der Waals surface area (Å²) in [6.45, 7) is 12.8. The van der Waals surface area contributed by atoms with Crippen LogP contribution < -0.4 is 5.32 Å². The third-order valence-electron chi connectivity index (χ3n) is 2.45. The van der Waals surface area contributed by atoms with E-state index in [0.29, 0.717) is 0 Å². The second kappa shape index (κ2) is 3.35. The van der Waals surface area contributed by atoms with Crippen molar-refractivity contribution < 1.29 is 4.74 Å². The molecule has 13 heavy (non-hydrogen) atoms. The lowest BCUT2D eigenvalue weighted by molar-refractivity contribution is -0.0959. The zero-order chi connectivity index (χ0) is 10.3. The first-order chi connectivity index (χ1) is 5.66. The van der Waals surface area contributed by atoms with Crippen molar-refractivity contribution in [2.75, 3.05) is 13.2 Å². The summed E-state index contributed by atoms with van der Waals surface area (Å²) in [4.78, 5) is 0. The Morgan fingerprint density at radius 2 is 1.62 bits per heavy atom. The average molecular weight is 297 g/mol. The molecule has 1 rings (SSSR count). The molecule has 0 aromatic heterocycles. The minimum atomic E-state index is 0.159. The van der Waals surface area contributed by atoms with E-state index >= 15 is 0 Å². The summed E-state index contributed by atoms with van der Waals surface area (Å²) in [5, 5.41) is 3.68. The SMILES string of the molecule is CC(C)(C)NC1(C(C)(C)I)COC1. The predicted molar refractivity (Wildman–Crippen MR) is 64.5 cm³/mol. The molecule has 0 unspecified atom stereocenters. The Kier molecular flexibility index (Phi) is 3.02. The van der Waals surface area contributed by atoms with Crippen molar-refractivity contribution in [3.63, 3.8) is 0 Å². The Morgan fingerprint density at radius 3 is 1.69 bits per heavy atom. The van der Waals surface area contributed by atoms with Crippen molar-refractivity contribution in [1.29, 1.82) is 0 Å². The lowest BCUT2D eigenvalue weighted by atomic mass is 9.82. The summed E-state index contributed by atoms with van der Waals surface area (Å²) in [6, 6.07) is 0. The van der Waals surface area contributed by atoms with Gasteiger partial charge in [0.1, 0.15) is 0 Å². The predicted octanol–water partition coefficient (Wildman–Crippen LogP) is 2.36. The van der Waals surface area contributed by atoms with Crippen LogP contribution in [0.2, 0.25) is 0 Å². The van der Waals surface area contributed by atoms with Crippen molar-refractivity contribution in [3.05, 3.63) is 0 Å². The van der Waals surface area contributed by atoms with Crippen molar-refractivity contribution >= 4 is 22.6 Å². The fraction of sp³-hybridized carbons (Fsp3) is 1.00. The van der Waals surface area contributed by atoms with Gasteiger partial charge < -0.3 is 10.1 Å². The zero-order valence-electron chi connectivity index (χ0n) is 9.20. The van der Waals surface area contributed by atoms with E-state index in [1.54, 1.807) is 0 Å². The molecular formula is C10H20INO. The summed E-state index contributed by atoms with van der Waals surface area (Å²) in [7, 11) is 0. The van der Waals surface area contributed by atoms with Crippen LogP contribution in [0.15, 0.2) is 0 Å². The normalized spacial score (nSPS) is 22.6. The van der Waals surface area contributed by atoms with Crippen LogP contribution in [0.5, 0.6) is 0 Å². The standard InChI is InChI=1S/C10H20INO/c1-8(2,3)12-10(6-13-7-10)9(4,5)11/h12H,6-7H2,1-5H3. The molecule has 1 saturated heterocycles. The molecule has 78 valence electrons. The van der Waals surface area contributed by atoms with E-state index in [4.69, 9.17) is 4.74 Å². The minimum absolute atomic E-state index is 0.159. The Hall–Kier alpha value is 0.650. The van der Waals surface area contributed by atoms with Gasteiger partial charge in [-0.15, -0.1) is 0 Å². The van der Waals surface area contributed by atoms with Crippen LogP contribution in [-0.4, -0.2) is 27.7 Å². The number of alkyl halides is 1. The van der Waals surface area contributed by atoms with Gasteiger partial charge in [0.05, 0.1) is 18.8 Å². The topological polar surface area (TPSA) is 21.3 Å². The smallest absolute Gasteiger partial charge is 0.0799 e. The summed E-state index contributed by atoms with van der Waals surface area (Å²) < 4.78 is 5.58. The maximum Gasteiger partial charge on any atom is 0.0799 e. The Balaban J connectivity index is 2.72. The van der Waals surface area contributed by atoms with E-state index in [1.807, 2.05) is 0 Å². The van der Waals surface area contributed by atoms with Crippen LogP contribution in [0.1, 0.15) is 34.6 Å². The zero-order valence-corrected chi connectivity index (χ0v) is 11.4. The summed E-state index contributed by atoms with van der Waals surface area (Å²) in [6.07, 6.45) is 0. The van der Waals surface area contributed by atoms with Crippen molar-refractivity contribution in [2.24, 2.45) is 0 Å². The summed E-state index contributed by atoms with van der Waals surface area (Å²) >= 11 is 2.50. The summed E-state index contributed by atoms with van der Waals surface area (Å²) in [5.41, 5.74) is 0.317. The highest BCUT2D eigenvalue weighted by Gasteiger charge is 2.51. The first-order valence-electron chi connectivity index (χ1n) is 4.72. The summed E-state index contributed by atoms with van der Waals surface area (Å²) in [5.74, 6) is 0. The second-order valence-electron chi connectivity index (χ2n) is 5.42. The van der Waals surface area contributed by atoms with Gasteiger partial charge in [-0.3, -0.25) is 0 Å². The van der Waals surface area contributed by atoms with Gasteiger partial charge >= 0.3 is 0 Å². The second-order valence-corrected chi connectivity index (χ2v) is 8.12. The molecule has 3 heteroatoms. The molecule has 1 heterocycles. The van der Waals surface area contributed by atoms with Crippen LogP contribution in [-0.2, 0) is 4.74 Å². The lowest BCUT2D eigenvalue weighted by Gasteiger charge is -2.53. The Labute approximate surface area is 94.9 Å². The molecule has 0 amide bonds. The number of hydrogen-bond acceptors (Lipinski definition) is 2. The van der Waals surface area contributed by atoms with E-state index in [9.17, 15) is 0 Å². The van der Waals surface area contributed by atoms with E-state index in [2.05, 4.69) is 62.5 Å². The molecule has 1 aliphatic heterocycles. The monoisotopic (exact) mass is 297 g/mol. The van der Waals surface area contributed by atoms with Crippen LogP contribution in [0, 0.1) is 0 Å². The minimum Gasteiger partial charge on any atom is -0.377 e. The molecule has 0 bridgehead atoms. The first kappa shape index (κ1) is 11.7. The molecule has 1 N–H and O–H groups in total. The Morgan fingerprint density at radius 1 is 1.15 bits per heavy atom. The molecule has 0 atom stereocenters. The van der Waals surface area contributed by atoms with Gasteiger partial charge in [-0.05, 0) is 34.6 Å². The van der Waals surface area contributed by atoms with Gasteiger partial charge in [0.2, 0.25) is 0 Å². The van der Waals surface area contributed by atoms with Crippen molar-refractivity contribution in [3.8, 4) is 0 Å². The van der Waals surface area contributed by atoms with Gasteiger partial charge in [0.15, 0.2) is 0 Å². The third kappa shape index (κ3) is 2.57. The van der Waals surface area contributed by atoms with E-state index in [1.165, 1.54) is 0 Å². The van der Waals surface area contributed by atoms with Crippen LogP contribution in [0.4, 0.5) is 0 Å². The van der Waals surface area contributed by atoms with E-state index in [-0.39, 0.29) is 14.5 Å². The van der Waals surface area contributed by atoms with Gasteiger partial charge in [0.25, 0.3) is 0 Å². The highest BCUT2D eigenvalue weighted by molar-refractivity contribution is 14.1. The highest BCUT2D eigenvalue weighted by Crippen LogP contribution is 2.38. The largest absolute Gasteiger partial charge is 0.377 e. The molecule has 1 aliphatic rings. The first-order valence-corrected chi connectivity index (χ1v) is 5.80. The fourth-order valence-corrected chi connectivity index (χ4v) is 2.03. The molecule has 0 spiro atoms. The van der Waals surface area contributed by atoms with Gasteiger partial charge in [-0.25, -0.2) is 0 Å². The molecule has 2 nitrogen and oxygen atoms in total. The average Bonchev–Trinajstić information content (AvgIpc) is 1.73. The van der Waals surface area contributed by atoms with Crippen LogP contribution in [0.3, 0.4) is 0 Å². The van der Waals surface area contributed by atoms with Gasteiger partial charge in [-0.2, -0.15) is 0 Å². The quantitative estimate of drug-likeness (QED) is 0.624. The maximum absolute atomic E-state index is 5.34. The van der Waals surface area contributed by atoms with Gasteiger partial charge in [0, 0.05) is 8.96 Å². The molecule has 0 saturated carbocycles. The van der Waals surface area contributed by atoms with Crippen molar-refractivity contribution in [1.82, 2.24) is 5.32 Å². The molecule has 0 radical (unpaired) electrons. The lowest BCUT2D eigenvalue weighted by Crippen LogP contribution is -2.73. The number of hydrogen-bond donors (Lipinski definition) is 1. The third-order valence-corrected chi connectivity index (χ3v) is 3.48. The molecule has 0 aliphatic carbocycles. The molecular weight excluding hydrogens is 277 g/mol. The van der Waals surface area contributed by atoms with Crippen molar-refractivity contribution in [2.45, 2.75) is 49.1 Å². The highest BCUT2D eigenvalue weighted by atomic mass is 127. The molecule has 0 aromatic rings. The number of nitrogens with one attached hydrogen (secondary N) is 1. The Bertz CT molecular complexity index is 186. The maximum atomic E-state index is 5.34. The molecule has 1 fully saturated rings. The molecule has 0 aromatic carbocycles. The van der Waals surface area contributed by atoms with E-state index < -0.39 is 0 Å².